The number of nitrogen functional groups attached to an aromatic ring is 1. The van der Waals surface area contributed by atoms with E-state index in [1.54, 1.807) is 99.6 Å². The van der Waals surface area contributed by atoms with E-state index in [4.69, 9.17) is 20.6 Å². The third kappa shape index (κ3) is 8.14. The molecule has 0 fully saturated rings. The Morgan fingerprint density at radius 3 is 2.14 bits per heavy atom. The van der Waals surface area contributed by atoms with E-state index in [1.807, 2.05) is 0 Å². The van der Waals surface area contributed by atoms with Gasteiger partial charge in [0.1, 0.15) is 17.6 Å². The number of hydrogen-bond donors (Lipinski definition) is 3. The SMILES string of the molecule is CCOC(=O)c1cccc(C[C@@H](C(=O)O)N(CC)C(=O)C(C)=Cc2ccc(C(=O)Oc3ccc(C(=N)N)cc3)cc2)c1. The number of rotatable bonds is 12. The monoisotopic (exact) mass is 571 g/mol. The third-order valence-corrected chi connectivity index (χ3v) is 6.37. The molecule has 0 aromatic heterocycles. The van der Waals surface area contributed by atoms with Crippen LogP contribution in [0.5, 0.6) is 5.75 Å². The summed E-state index contributed by atoms with van der Waals surface area (Å²) >= 11 is 0. The van der Waals surface area contributed by atoms with Gasteiger partial charge in [-0.2, -0.15) is 0 Å². The predicted octanol–water partition coefficient (Wildman–Crippen LogP) is 4.31. The number of likely N-dealkylation sites (N-methyl/N-ethyl adjacent to an activating group) is 1. The standard InChI is InChI=1S/C32H33N3O7/c1-4-35(27(30(37)38)19-22-7-6-8-25(18-22)31(39)41-5-2)29(36)20(3)17-21-9-11-24(12-10-21)32(40)42-26-15-13-23(14-16-26)28(33)34/h6-18,27H,4-5,19H2,1-3H3,(H3,33,34)(H,37,38)/t27-/m0/s1. The maximum atomic E-state index is 13.3. The van der Waals surface area contributed by atoms with Crippen LogP contribution in [0.25, 0.3) is 6.08 Å². The third-order valence-electron chi connectivity index (χ3n) is 6.37. The number of benzene rings is 3. The number of aliphatic carboxylic acids is 1. The fourth-order valence-electron chi connectivity index (χ4n) is 4.22. The molecule has 0 bridgehead atoms. The highest BCUT2D eigenvalue weighted by atomic mass is 16.5. The number of carbonyl (C=O) groups excluding carboxylic acids is 3. The van der Waals surface area contributed by atoms with Crippen LogP contribution in [0.15, 0.2) is 78.4 Å². The molecule has 10 heteroatoms. The van der Waals surface area contributed by atoms with E-state index in [9.17, 15) is 24.3 Å². The molecule has 3 rings (SSSR count). The minimum atomic E-state index is -1.17. The maximum Gasteiger partial charge on any atom is 0.343 e. The summed E-state index contributed by atoms with van der Waals surface area (Å²) in [6.07, 6.45) is 1.62. The Bertz CT molecular complexity index is 1500. The van der Waals surface area contributed by atoms with Crippen molar-refractivity contribution in [3.8, 4) is 5.75 Å². The second-order valence-corrected chi connectivity index (χ2v) is 9.35. The molecule has 0 spiro atoms. The van der Waals surface area contributed by atoms with Crippen LogP contribution >= 0.6 is 0 Å². The van der Waals surface area contributed by atoms with Crippen molar-refractivity contribution in [2.75, 3.05) is 13.2 Å². The Morgan fingerprint density at radius 1 is 0.929 bits per heavy atom. The molecule has 1 amide bonds. The van der Waals surface area contributed by atoms with Crippen molar-refractivity contribution in [1.82, 2.24) is 4.90 Å². The first-order valence-electron chi connectivity index (χ1n) is 13.3. The zero-order valence-corrected chi connectivity index (χ0v) is 23.6. The molecule has 3 aromatic rings. The van der Waals surface area contributed by atoms with Crippen molar-refractivity contribution in [3.63, 3.8) is 0 Å². The van der Waals surface area contributed by atoms with Crippen molar-refractivity contribution >= 4 is 35.7 Å². The van der Waals surface area contributed by atoms with Gasteiger partial charge in [0.15, 0.2) is 0 Å². The molecule has 0 unspecified atom stereocenters. The first-order valence-corrected chi connectivity index (χ1v) is 13.3. The van der Waals surface area contributed by atoms with E-state index in [0.717, 1.165) is 0 Å². The molecule has 3 aromatic carbocycles. The fraction of sp³-hybridized carbons (Fsp3) is 0.219. The first kappa shape index (κ1) is 31.3. The van der Waals surface area contributed by atoms with Gasteiger partial charge in [-0.1, -0.05) is 24.3 Å². The Kier molecular flexibility index (Phi) is 10.7. The van der Waals surface area contributed by atoms with E-state index in [1.165, 1.54) is 4.90 Å². The van der Waals surface area contributed by atoms with Crippen LogP contribution in [0.4, 0.5) is 0 Å². The lowest BCUT2D eigenvalue weighted by atomic mass is 10.0. The maximum absolute atomic E-state index is 13.3. The van der Waals surface area contributed by atoms with Crippen LogP contribution in [0.1, 0.15) is 58.2 Å². The lowest BCUT2D eigenvalue weighted by Gasteiger charge is -2.28. The number of esters is 2. The lowest BCUT2D eigenvalue weighted by molar-refractivity contribution is -0.148. The van der Waals surface area contributed by atoms with Gasteiger partial charge in [0.2, 0.25) is 5.91 Å². The number of amidine groups is 1. The minimum absolute atomic E-state index is 0.00370. The van der Waals surface area contributed by atoms with Gasteiger partial charge in [-0.05, 0) is 86.5 Å². The van der Waals surface area contributed by atoms with Crippen molar-refractivity contribution in [2.45, 2.75) is 33.2 Å². The largest absolute Gasteiger partial charge is 0.480 e. The molecular weight excluding hydrogens is 538 g/mol. The highest BCUT2D eigenvalue weighted by Gasteiger charge is 2.29. The molecule has 10 nitrogen and oxygen atoms in total. The van der Waals surface area contributed by atoms with Gasteiger partial charge in [0.25, 0.3) is 0 Å². The molecule has 42 heavy (non-hydrogen) atoms. The van der Waals surface area contributed by atoms with Gasteiger partial charge in [-0.3, -0.25) is 10.2 Å². The zero-order chi connectivity index (χ0) is 30.8. The molecule has 218 valence electrons. The van der Waals surface area contributed by atoms with Gasteiger partial charge < -0.3 is 25.2 Å². The average molecular weight is 572 g/mol. The van der Waals surface area contributed by atoms with Gasteiger partial charge >= 0.3 is 17.9 Å². The molecule has 1 atom stereocenters. The van der Waals surface area contributed by atoms with Crippen molar-refractivity contribution < 1.29 is 33.8 Å². The van der Waals surface area contributed by atoms with Gasteiger partial charge in [0, 0.05) is 24.1 Å². The van der Waals surface area contributed by atoms with Crippen molar-refractivity contribution in [1.29, 1.82) is 5.41 Å². The molecule has 0 saturated heterocycles. The summed E-state index contributed by atoms with van der Waals surface area (Å²) in [5.74, 6) is -2.50. The highest BCUT2D eigenvalue weighted by molar-refractivity contribution is 5.99. The quantitative estimate of drug-likeness (QED) is 0.0953. The summed E-state index contributed by atoms with van der Waals surface area (Å²) in [6.45, 7) is 5.36. The lowest BCUT2D eigenvalue weighted by Crippen LogP contribution is -2.46. The summed E-state index contributed by atoms with van der Waals surface area (Å²) < 4.78 is 10.4. The van der Waals surface area contributed by atoms with Crippen molar-refractivity contribution in [2.24, 2.45) is 5.73 Å². The van der Waals surface area contributed by atoms with Crippen LogP contribution < -0.4 is 10.5 Å². The van der Waals surface area contributed by atoms with Gasteiger partial charge in [0.05, 0.1) is 17.7 Å². The second kappa shape index (κ2) is 14.4. The molecule has 0 aliphatic heterocycles. The summed E-state index contributed by atoms with van der Waals surface area (Å²) in [6, 6.07) is 18.0. The van der Waals surface area contributed by atoms with Crippen LogP contribution in [-0.2, 0) is 20.7 Å². The zero-order valence-electron chi connectivity index (χ0n) is 23.6. The van der Waals surface area contributed by atoms with Crippen LogP contribution in [0.2, 0.25) is 0 Å². The summed E-state index contributed by atoms with van der Waals surface area (Å²) in [5, 5.41) is 17.4. The van der Waals surface area contributed by atoms with E-state index in [2.05, 4.69) is 0 Å². The minimum Gasteiger partial charge on any atom is -0.480 e. The van der Waals surface area contributed by atoms with Crippen LogP contribution in [-0.4, -0.2) is 58.9 Å². The number of carboxylic acids is 1. The first-order chi connectivity index (χ1) is 20.0. The van der Waals surface area contributed by atoms with Crippen molar-refractivity contribution in [3.05, 3.63) is 106 Å². The fourth-order valence-corrected chi connectivity index (χ4v) is 4.22. The Morgan fingerprint density at radius 2 is 1.57 bits per heavy atom. The number of ether oxygens (including phenoxy) is 2. The molecule has 0 radical (unpaired) electrons. The topological polar surface area (TPSA) is 160 Å². The van der Waals surface area contributed by atoms with E-state index in [-0.39, 0.29) is 31.0 Å². The number of nitrogens with two attached hydrogens (primary N) is 1. The number of hydrogen-bond acceptors (Lipinski definition) is 7. The molecule has 0 saturated carbocycles. The highest BCUT2D eigenvalue weighted by Crippen LogP contribution is 2.18. The Hall–Kier alpha value is -5.25. The summed E-state index contributed by atoms with van der Waals surface area (Å²) in [5.41, 5.74) is 8.07. The molecule has 0 heterocycles. The molecule has 4 N–H and O–H groups in total. The Labute approximate surface area is 243 Å². The smallest absolute Gasteiger partial charge is 0.343 e. The number of nitrogens with one attached hydrogen (secondary N) is 1. The van der Waals surface area contributed by atoms with Gasteiger partial charge in [-0.25, -0.2) is 14.4 Å². The number of nitrogens with zero attached hydrogens (tertiary/aromatic N) is 1. The number of carboxylic acid groups (broad SMARTS) is 1. The van der Waals surface area contributed by atoms with Gasteiger partial charge in [-0.15, -0.1) is 0 Å². The normalized spacial score (nSPS) is 11.7. The molecule has 0 aliphatic rings. The average Bonchev–Trinajstić information content (AvgIpc) is 2.97. The predicted molar refractivity (Wildman–Crippen MR) is 157 cm³/mol. The molecular formula is C32H33N3O7. The van der Waals surface area contributed by atoms with E-state index < -0.39 is 29.9 Å². The summed E-state index contributed by atoms with van der Waals surface area (Å²) in [4.78, 5) is 51.5. The summed E-state index contributed by atoms with van der Waals surface area (Å²) in [7, 11) is 0. The second-order valence-electron chi connectivity index (χ2n) is 9.35. The van der Waals surface area contributed by atoms with Crippen LogP contribution in [0, 0.1) is 5.41 Å². The number of amides is 1. The van der Waals surface area contributed by atoms with E-state index in [0.29, 0.717) is 33.6 Å². The number of carbonyl (C=O) groups is 4. The van der Waals surface area contributed by atoms with E-state index >= 15 is 0 Å². The Balaban J connectivity index is 1.72. The van der Waals surface area contributed by atoms with Crippen LogP contribution in [0.3, 0.4) is 0 Å². The molecule has 0 aliphatic carbocycles.